The molecule has 4 heteroatoms. The molecule has 0 aromatic carbocycles. The van der Waals surface area contributed by atoms with Crippen molar-refractivity contribution in [3.05, 3.63) is 0 Å². The zero-order valence-corrected chi connectivity index (χ0v) is 10.2. The van der Waals surface area contributed by atoms with Crippen LogP contribution < -0.4 is 5.32 Å². The molecule has 0 spiro atoms. The second kappa shape index (κ2) is 5.52. The second-order valence-corrected chi connectivity index (χ2v) is 5.33. The molecule has 0 bridgehead atoms. The maximum atomic E-state index is 12.0. The summed E-state index contributed by atoms with van der Waals surface area (Å²) < 4.78 is 0. The van der Waals surface area contributed by atoms with Crippen molar-refractivity contribution in [2.45, 2.75) is 57.4 Å². The molecule has 0 aliphatic heterocycles. The lowest BCUT2D eigenvalue weighted by Crippen LogP contribution is -2.43. The lowest BCUT2D eigenvalue weighted by atomic mass is 9.88. The van der Waals surface area contributed by atoms with Crippen LogP contribution in [0.2, 0.25) is 0 Å². The van der Waals surface area contributed by atoms with Gasteiger partial charge in [0, 0.05) is 12.0 Å². The van der Waals surface area contributed by atoms with E-state index in [1.54, 1.807) is 0 Å². The largest absolute Gasteiger partial charge is 0.481 e. The standard InChI is InChI=1S/C13H21NO3/c15-12(9-5-2-1-3-6-9)14-11-8-4-7-10(11)13(16)17/h9-11H,1-8H2,(H,14,15)(H,16,17). The molecular weight excluding hydrogens is 218 g/mol. The number of hydrogen-bond acceptors (Lipinski definition) is 2. The zero-order chi connectivity index (χ0) is 12.3. The van der Waals surface area contributed by atoms with E-state index in [2.05, 4.69) is 5.32 Å². The van der Waals surface area contributed by atoms with Crippen molar-refractivity contribution in [3.8, 4) is 0 Å². The van der Waals surface area contributed by atoms with E-state index >= 15 is 0 Å². The summed E-state index contributed by atoms with van der Waals surface area (Å²) >= 11 is 0. The van der Waals surface area contributed by atoms with E-state index in [0.29, 0.717) is 6.42 Å². The van der Waals surface area contributed by atoms with Crippen LogP contribution in [0.5, 0.6) is 0 Å². The smallest absolute Gasteiger partial charge is 0.308 e. The highest BCUT2D eigenvalue weighted by atomic mass is 16.4. The topological polar surface area (TPSA) is 66.4 Å². The van der Waals surface area contributed by atoms with Gasteiger partial charge in [-0.25, -0.2) is 0 Å². The summed E-state index contributed by atoms with van der Waals surface area (Å²) in [5, 5.41) is 12.0. The lowest BCUT2D eigenvalue weighted by molar-refractivity contribution is -0.142. The molecule has 4 nitrogen and oxygen atoms in total. The van der Waals surface area contributed by atoms with E-state index in [-0.39, 0.29) is 23.8 Å². The second-order valence-electron chi connectivity index (χ2n) is 5.33. The van der Waals surface area contributed by atoms with E-state index in [1.807, 2.05) is 0 Å². The summed E-state index contributed by atoms with van der Waals surface area (Å²) in [6, 6.07) is -0.137. The van der Waals surface area contributed by atoms with Crippen LogP contribution >= 0.6 is 0 Å². The molecule has 2 aliphatic carbocycles. The third-order valence-corrected chi connectivity index (χ3v) is 4.14. The Hall–Kier alpha value is -1.06. The first-order valence-corrected chi connectivity index (χ1v) is 6.71. The Morgan fingerprint density at radius 1 is 0.941 bits per heavy atom. The van der Waals surface area contributed by atoms with E-state index in [9.17, 15) is 9.59 Å². The van der Waals surface area contributed by atoms with Crippen LogP contribution in [0.15, 0.2) is 0 Å². The molecule has 2 aliphatic rings. The van der Waals surface area contributed by atoms with Crippen molar-refractivity contribution >= 4 is 11.9 Å². The monoisotopic (exact) mass is 239 g/mol. The van der Waals surface area contributed by atoms with Crippen molar-refractivity contribution in [2.24, 2.45) is 11.8 Å². The molecule has 0 aromatic rings. The minimum Gasteiger partial charge on any atom is -0.481 e. The van der Waals surface area contributed by atoms with Gasteiger partial charge in [-0.3, -0.25) is 9.59 Å². The SMILES string of the molecule is O=C(NC1CCCC1C(=O)O)C1CCCCC1. The highest BCUT2D eigenvalue weighted by Crippen LogP contribution is 2.28. The maximum absolute atomic E-state index is 12.0. The molecule has 0 aromatic heterocycles. The highest BCUT2D eigenvalue weighted by Gasteiger charge is 2.35. The summed E-state index contributed by atoms with van der Waals surface area (Å²) in [6.45, 7) is 0. The number of hydrogen-bond donors (Lipinski definition) is 2. The van der Waals surface area contributed by atoms with Crippen molar-refractivity contribution in [3.63, 3.8) is 0 Å². The molecule has 2 saturated carbocycles. The normalized spacial score (nSPS) is 30.1. The Morgan fingerprint density at radius 2 is 1.65 bits per heavy atom. The van der Waals surface area contributed by atoms with Crippen molar-refractivity contribution in [2.75, 3.05) is 0 Å². The van der Waals surface area contributed by atoms with E-state index in [4.69, 9.17) is 5.11 Å². The third kappa shape index (κ3) is 2.99. The first-order chi connectivity index (χ1) is 8.18. The maximum Gasteiger partial charge on any atom is 0.308 e. The van der Waals surface area contributed by atoms with Crippen molar-refractivity contribution in [1.29, 1.82) is 0 Å². The van der Waals surface area contributed by atoms with Crippen LogP contribution in [0.25, 0.3) is 0 Å². The Labute approximate surface area is 102 Å². The average Bonchev–Trinajstić information content (AvgIpc) is 2.78. The van der Waals surface area contributed by atoms with Gasteiger partial charge in [0.15, 0.2) is 0 Å². The highest BCUT2D eigenvalue weighted by molar-refractivity contribution is 5.80. The molecule has 2 rings (SSSR count). The first-order valence-electron chi connectivity index (χ1n) is 6.71. The predicted molar refractivity (Wildman–Crippen MR) is 63.5 cm³/mol. The Balaban J connectivity index is 1.86. The number of amides is 1. The average molecular weight is 239 g/mol. The minimum atomic E-state index is -0.767. The minimum absolute atomic E-state index is 0.0860. The molecule has 0 radical (unpaired) electrons. The van der Waals surface area contributed by atoms with Crippen LogP contribution in [0.3, 0.4) is 0 Å². The van der Waals surface area contributed by atoms with E-state index in [1.165, 1.54) is 6.42 Å². The van der Waals surface area contributed by atoms with E-state index in [0.717, 1.165) is 38.5 Å². The summed E-state index contributed by atoms with van der Waals surface area (Å²) in [6.07, 6.45) is 7.85. The van der Waals surface area contributed by atoms with E-state index < -0.39 is 5.97 Å². The van der Waals surface area contributed by atoms with Gasteiger partial charge < -0.3 is 10.4 Å². The molecular formula is C13H21NO3. The van der Waals surface area contributed by atoms with Gasteiger partial charge in [-0.2, -0.15) is 0 Å². The molecule has 2 N–H and O–H groups in total. The Bertz CT molecular complexity index is 297. The van der Waals surface area contributed by atoms with Crippen LogP contribution in [0, 0.1) is 11.8 Å². The van der Waals surface area contributed by atoms with Gasteiger partial charge in [-0.15, -0.1) is 0 Å². The fourth-order valence-electron chi connectivity index (χ4n) is 3.09. The van der Waals surface area contributed by atoms with Gasteiger partial charge in [0.05, 0.1) is 5.92 Å². The number of carboxylic acids is 1. The predicted octanol–water partition coefficient (Wildman–Crippen LogP) is 1.94. The van der Waals surface area contributed by atoms with Gasteiger partial charge in [0.2, 0.25) is 5.91 Å². The van der Waals surface area contributed by atoms with Crippen molar-refractivity contribution < 1.29 is 14.7 Å². The number of carboxylic acid groups (broad SMARTS) is 1. The van der Waals surface area contributed by atoms with Crippen LogP contribution in [0.1, 0.15) is 51.4 Å². The van der Waals surface area contributed by atoms with Crippen LogP contribution in [-0.4, -0.2) is 23.0 Å². The summed E-state index contributed by atoms with van der Waals surface area (Å²) in [4.78, 5) is 23.0. The number of rotatable bonds is 3. The van der Waals surface area contributed by atoms with Gasteiger partial charge in [-0.1, -0.05) is 25.7 Å². The van der Waals surface area contributed by atoms with Gasteiger partial charge in [-0.05, 0) is 25.7 Å². The quantitative estimate of drug-likeness (QED) is 0.791. The summed E-state index contributed by atoms with van der Waals surface area (Å²) in [5.74, 6) is -0.930. The summed E-state index contributed by atoms with van der Waals surface area (Å²) in [7, 11) is 0. The number of carbonyl (C=O) groups excluding carboxylic acids is 1. The summed E-state index contributed by atoms with van der Waals surface area (Å²) in [5.41, 5.74) is 0. The van der Waals surface area contributed by atoms with Gasteiger partial charge >= 0.3 is 5.97 Å². The van der Waals surface area contributed by atoms with Gasteiger partial charge in [0.1, 0.15) is 0 Å². The molecule has 1 amide bonds. The first kappa shape index (κ1) is 12.4. The number of aliphatic carboxylic acids is 1. The van der Waals surface area contributed by atoms with Crippen molar-refractivity contribution in [1.82, 2.24) is 5.32 Å². The lowest BCUT2D eigenvalue weighted by Gasteiger charge is -2.24. The van der Waals surface area contributed by atoms with Gasteiger partial charge in [0.25, 0.3) is 0 Å². The molecule has 17 heavy (non-hydrogen) atoms. The molecule has 0 heterocycles. The third-order valence-electron chi connectivity index (χ3n) is 4.14. The zero-order valence-electron chi connectivity index (χ0n) is 10.2. The Morgan fingerprint density at radius 3 is 2.29 bits per heavy atom. The molecule has 2 unspecified atom stereocenters. The fraction of sp³-hybridized carbons (Fsp3) is 0.846. The van der Waals surface area contributed by atoms with Crippen LogP contribution in [-0.2, 0) is 9.59 Å². The number of carbonyl (C=O) groups is 2. The molecule has 2 atom stereocenters. The molecule has 0 saturated heterocycles. The fourth-order valence-corrected chi connectivity index (χ4v) is 3.09. The number of nitrogens with one attached hydrogen (secondary N) is 1. The Kier molecular flexibility index (Phi) is 4.02. The van der Waals surface area contributed by atoms with Crippen LogP contribution in [0.4, 0.5) is 0 Å². The molecule has 2 fully saturated rings. The molecule has 96 valence electrons.